The first-order valence-corrected chi connectivity index (χ1v) is 6.79. The lowest BCUT2D eigenvalue weighted by Gasteiger charge is -2.09. The van der Waals surface area contributed by atoms with Crippen LogP contribution in [0.3, 0.4) is 0 Å². The summed E-state index contributed by atoms with van der Waals surface area (Å²) in [5.74, 6) is -0.223. The number of anilines is 1. The number of hydrogen-bond acceptors (Lipinski definition) is 3. The molecule has 4 nitrogen and oxygen atoms in total. The molecule has 0 unspecified atom stereocenters. The summed E-state index contributed by atoms with van der Waals surface area (Å²) in [4.78, 5) is 20.5. The normalized spacial score (nSPS) is 10.6. The van der Waals surface area contributed by atoms with E-state index in [1.165, 1.54) is 0 Å². The van der Waals surface area contributed by atoms with E-state index >= 15 is 0 Å². The quantitative estimate of drug-likeness (QED) is 0.731. The zero-order valence-electron chi connectivity index (χ0n) is 11.3. The van der Waals surface area contributed by atoms with Crippen molar-refractivity contribution in [1.29, 1.82) is 0 Å². The van der Waals surface area contributed by atoms with E-state index in [0.29, 0.717) is 16.4 Å². The van der Waals surface area contributed by atoms with Crippen LogP contribution in [0.1, 0.15) is 16.1 Å². The number of halogens is 1. The Morgan fingerprint density at radius 3 is 2.90 bits per heavy atom. The number of aromatic nitrogens is 2. The maximum atomic E-state index is 12.3. The van der Waals surface area contributed by atoms with E-state index in [-0.39, 0.29) is 5.91 Å². The molecule has 0 saturated carbocycles. The number of nitrogens with one attached hydrogen (secondary N) is 1. The maximum absolute atomic E-state index is 12.3. The summed E-state index contributed by atoms with van der Waals surface area (Å²) in [5.41, 5.74) is 1.90. The van der Waals surface area contributed by atoms with Crippen molar-refractivity contribution in [3.8, 4) is 0 Å². The van der Waals surface area contributed by atoms with Crippen molar-refractivity contribution in [3.05, 3.63) is 65.2 Å². The molecule has 0 atom stereocenters. The summed E-state index contributed by atoms with van der Waals surface area (Å²) in [6.45, 7) is 1.80. The van der Waals surface area contributed by atoms with Crippen molar-refractivity contribution in [1.82, 2.24) is 9.97 Å². The predicted molar refractivity (Wildman–Crippen MR) is 83.7 cm³/mol. The van der Waals surface area contributed by atoms with Gasteiger partial charge in [-0.05, 0) is 36.6 Å². The Morgan fingerprint density at radius 1 is 1.24 bits per heavy atom. The molecule has 1 N–H and O–H groups in total. The molecule has 2 aromatic heterocycles. The van der Waals surface area contributed by atoms with Gasteiger partial charge in [-0.25, -0.2) is 4.98 Å². The number of nitrogens with zero attached hydrogens (tertiary/aromatic N) is 2. The van der Waals surface area contributed by atoms with Crippen LogP contribution in [0.2, 0.25) is 5.15 Å². The highest BCUT2D eigenvalue weighted by molar-refractivity contribution is 6.29. The Bertz CT molecular complexity index is 807. The van der Waals surface area contributed by atoms with E-state index in [1.54, 1.807) is 31.5 Å². The summed E-state index contributed by atoms with van der Waals surface area (Å²) in [7, 11) is 0. The Kier molecular flexibility index (Phi) is 3.54. The lowest BCUT2D eigenvalue weighted by atomic mass is 10.1. The fourth-order valence-corrected chi connectivity index (χ4v) is 2.43. The van der Waals surface area contributed by atoms with Gasteiger partial charge in [-0.1, -0.05) is 23.7 Å². The largest absolute Gasteiger partial charge is 0.321 e. The Morgan fingerprint density at radius 2 is 2.10 bits per heavy atom. The topological polar surface area (TPSA) is 54.9 Å². The molecule has 0 radical (unpaired) electrons. The number of hydrogen-bond donors (Lipinski definition) is 1. The van der Waals surface area contributed by atoms with E-state index in [9.17, 15) is 4.79 Å². The molecule has 0 aliphatic heterocycles. The lowest BCUT2D eigenvalue weighted by Crippen LogP contribution is -2.12. The minimum absolute atomic E-state index is 0.223. The predicted octanol–water partition coefficient (Wildman–Crippen LogP) is 3.84. The summed E-state index contributed by atoms with van der Waals surface area (Å²) in [6, 6.07) is 10.9. The van der Waals surface area contributed by atoms with Gasteiger partial charge in [0.05, 0.1) is 5.69 Å². The number of rotatable bonds is 2. The molecule has 104 valence electrons. The molecule has 0 saturated heterocycles. The number of pyridine rings is 2. The van der Waals surface area contributed by atoms with E-state index in [4.69, 9.17) is 11.6 Å². The molecule has 0 bridgehead atoms. The molecule has 21 heavy (non-hydrogen) atoms. The molecular formula is C16H12ClN3O. The van der Waals surface area contributed by atoms with Crippen LogP contribution in [0.5, 0.6) is 0 Å². The molecule has 3 aromatic rings. The summed E-state index contributed by atoms with van der Waals surface area (Å²) < 4.78 is 0. The number of amides is 1. The third kappa shape index (κ3) is 2.85. The Hall–Kier alpha value is -2.46. The van der Waals surface area contributed by atoms with Gasteiger partial charge in [-0.15, -0.1) is 0 Å². The van der Waals surface area contributed by atoms with Crippen molar-refractivity contribution in [3.63, 3.8) is 0 Å². The van der Waals surface area contributed by atoms with E-state index in [2.05, 4.69) is 15.3 Å². The van der Waals surface area contributed by atoms with E-state index < -0.39 is 0 Å². The number of fused-ring (bicyclic) bond motifs is 1. The van der Waals surface area contributed by atoms with Crippen molar-refractivity contribution >= 4 is 34.0 Å². The molecule has 0 spiro atoms. The molecule has 0 aliphatic carbocycles. The molecular weight excluding hydrogens is 286 g/mol. The Labute approximate surface area is 126 Å². The van der Waals surface area contributed by atoms with Crippen LogP contribution in [0.4, 0.5) is 5.69 Å². The molecule has 1 aromatic carbocycles. The van der Waals surface area contributed by atoms with Gasteiger partial charge in [0.1, 0.15) is 5.15 Å². The molecule has 3 rings (SSSR count). The zero-order chi connectivity index (χ0) is 14.8. The summed E-state index contributed by atoms with van der Waals surface area (Å²) >= 11 is 5.89. The van der Waals surface area contributed by atoms with Gasteiger partial charge in [0.15, 0.2) is 0 Å². The van der Waals surface area contributed by atoms with E-state index in [0.717, 1.165) is 16.5 Å². The van der Waals surface area contributed by atoms with Gasteiger partial charge in [0.2, 0.25) is 0 Å². The van der Waals surface area contributed by atoms with Crippen LogP contribution in [-0.2, 0) is 0 Å². The molecule has 0 fully saturated rings. The SMILES string of the molecule is Cc1cc(C(=O)Nc2cccc3ccncc23)cc(Cl)n1. The zero-order valence-corrected chi connectivity index (χ0v) is 12.1. The van der Waals surface area contributed by atoms with Crippen LogP contribution >= 0.6 is 11.6 Å². The van der Waals surface area contributed by atoms with Gasteiger partial charge in [0.25, 0.3) is 5.91 Å². The van der Waals surface area contributed by atoms with Crippen molar-refractivity contribution in [2.75, 3.05) is 5.32 Å². The smallest absolute Gasteiger partial charge is 0.255 e. The van der Waals surface area contributed by atoms with Crippen LogP contribution in [0.25, 0.3) is 10.8 Å². The standard InChI is InChI=1S/C16H12ClN3O/c1-10-7-12(8-15(17)19-10)16(21)20-14-4-2-3-11-5-6-18-9-13(11)14/h2-9H,1H3,(H,20,21). The number of carbonyl (C=O) groups is 1. The summed E-state index contributed by atoms with van der Waals surface area (Å²) in [6.07, 6.45) is 3.45. The Balaban J connectivity index is 1.96. The fourth-order valence-electron chi connectivity index (χ4n) is 2.18. The van der Waals surface area contributed by atoms with Gasteiger partial charge in [-0.3, -0.25) is 9.78 Å². The highest BCUT2D eigenvalue weighted by Gasteiger charge is 2.10. The van der Waals surface area contributed by atoms with Gasteiger partial charge < -0.3 is 5.32 Å². The van der Waals surface area contributed by atoms with Crippen LogP contribution in [0.15, 0.2) is 48.8 Å². The monoisotopic (exact) mass is 297 g/mol. The second kappa shape index (κ2) is 5.50. The minimum Gasteiger partial charge on any atom is -0.321 e. The van der Waals surface area contributed by atoms with Crippen molar-refractivity contribution in [2.45, 2.75) is 6.92 Å². The average molecular weight is 298 g/mol. The summed E-state index contributed by atoms with van der Waals surface area (Å²) in [5, 5.41) is 5.11. The minimum atomic E-state index is -0.223. The van der Waals surface area contributed by atoms with Gasteiger partial charge in [0, 0.05) is 29.0 Å². The molecule has 1 amide bonds. The molecule has 0 aliphatic rings. The number of carbonyl (C=O) groups excluding carboxylic acids is 1. The highest BCUT2D eigenvalue weighted by atomic mass is 35.5. The van der Waals surface area contributed by atoms with Crippen molar-refractivity contribution in [2.24, 2.45) is 0 Å². The molecule has 5 heteroatoms. The van der Waals surface area contributed by atoms with Crippen LogP contribution in [-0.4, -0.2) is 15.9 Å². The number of benzene rings is 1. The first-order valence-electron chi connectivity index (χ1n) is 6.42. The third-order valence-corrected chi connectivity index (χ3v) is 3.31. The lowest BCUT2D eigenvalue weighted by molar-refractivity contribution is 0.102. The fraction of sp³-hybridized carbons (Fsp3) is 0.0625. The average Bonchev–Trinajstić information content (AvgIpc) is 2.46. The van der Waals surface area contributed by atoms with Crippen LogP contribution < -0.4 is 5.32 Å². The van der Waals surface area contributed by atoms with E-state index in [1.807, 2.05) is 24.3 Å². The third-order valence-electron chi connectivity index (χ3n) is 3.12. The maximum Gasteiger partial charge on any atom is 0.255 e. The number of aryl methyl sites for hydroxylation is 1. The molecule has 2 heterocycles. The second-order valence-electron chi connectivity index (χ2n) is 4.68. The highest BCUT2D eigenvalue weighted by Crippen LogP contribution is 2.23. The van der Waals surface area contributed by atoms with Crippen LogP contribution in [0, 0.1) is 6.92 Å². The first kappa shape index (κ1) is 13.5. The first-order chi connectivity index (χ1) is 10.1. The van der Waals surface area contributed by atoms with Gasteiger partial charge >= 0.3 is 0 Å². The van der Waals surface area contributed by atoms with Gasteiger partial charge in [-0.2, -0.15) is 0 Å². The van der Waals surface area contributed by atoms with Crippen molar-refractivity contribution < 1.29 is 4.79 Å². The second-order valence-corrected chi connectivity index (χ2v) is 5.06.